The highest BCUT2D eigenvalue weighted by Crippen LogP contribution is 2.32. The van der Waals surface area contributed by atoms with Crippen LogP contribution in [-0.4, -0.2) is 172 Å². The molecule has 0 bridgehead atoms. The summed E-state index contributed by atoms with van der Waals surface area (Å²) in [6.07, 6.45) is -9.06. The zero-order chi connectivity index (χ0) is 56.2. The van der Waals surface area contributed by atoms with Crippen LogP contribution in [0.1, 0.15) is 95.6 Å². The summed E-state index contributed by atoms with van der Waals surface area (Å²) >= 11 is 0. The second-order valence-corrected chi connectivity index (χ2v) is 17.6. The first-order chi connectivity index (χ1) is 34.4. The summed E-state index contributed by atoms with van der Waals surface area (Å²) in [5.74, 6) is -20.8. The van der Waals surface area contributed by atoms with Crippen LogP contribution in [0.3, 0.4) is 0 Å². The summed E-state index contributed by atoms with van der Waals surface area (Å²) < 4.78 is 0. The molecule has 1 unspecified atom stereocenters. The molecule has 0 saturated carbocycles. The lowest BCUT2D eigenvalue weighted by atomic mass is 9.76. The molecular weight excluding hydrogens is 993 g/mol. The number of carboxylic acid groups (broad SMARTS) is 7. The van der Waals surface area contributed by atoms with E-state index in [2.05, 4.69) is 26.6 Å². The molecule has 7 amide bonds. The van der Waals surface area contributed by atoms with Crippen molar-refractivity contribution in [2.75, 3.05) is 0 Å². The predicted molar refractivity (Wildman–Crippen MR) is 245 cm³/mol. The molecule has 0 heterocycles. The lowest BCUT2D eigenvalue weighted by molar-refractivity contribution is -0.144. The van der Waals surface area contributed by atoms with Gasteiger partial charge in [-0.3, -0.25) is 62.3 Å². The van der Waals surface area contributed by atoms with Crippen molar-refractivity contribution in [2.45, 2.75) is 145 Å². The Morgan fingerprint density at radius 1 is 0.514 bits per heavy atom. The molecule has 0 spiro atoms. The van der Waals surface area contributed by atoms with Gasteiger partial charge in [0.1, 0.15) is 47.5 Å². The number of fused-ring (bicyclic) bond motifs is 1. The lowest BCUT2D eigenvalue weighted by Crippen LogP contribution is -2.67. The van der Waals surface area contributed by atoms with Gasteiger partial charge in [0.15, 0.2) is 0 Å². The highest BCUT2D eigenvalue weighted by atomic mass is 16.4. The van der Waals surface area contributed by atoms with Gasteiger partial charge in [-0.25, -0.2) is 4.79 Å². The zero-order valence-corrected chi connectivity index (χ0v) is 39.9. The SMILES string of the molecule is CC(C)[C@H](NC(=O)[C@H](CCC(=O)O)NC(=O)[C@H](CCC(=O)O)NC(=O)C1(NC(=O)[C@H](CCC(=O)O)NC(=O)[C@H](CC(=O)O)NC(=O)[C@H](CC(=O)O)NC(=O)[C@@H](N)CCC(=O)O)CCc2cc(O)ccc2C1)C(=O)O. The molecule has 1 aromatic carbocycles. The molecule has 0 aromatic heterocycles. The first-order valence-electron chi connectivity index (χ1n) is 22.7. The van der Waals surface area contributed by atoms with E-state index in [4.69, 9.17) is 10.8 Å². The van der Waals surface area contributed by atoms with Gasteiger partial charge in [0, 0.05) is 32.1 Å². The molecule has 0 radical (unpaired) electrons. The lowest BCUT2D eigenvalue weighted by Gasteiger charge is -2.39. The summed E-state index contributed by atoms with van der Waals surface area (Å²) in [4.78, 5) is 178. The molecule has 408 valence electrons. The predicted octanol–water partition coefficient (Wildman–Crippen LogP) is -3.88. The van der Waals surface area contributed by atoms with Crippen molar-refractivity contribution in [3.8, 4) is 5.75 Å². The Labute approximate surface area is 419 Å². The Morgan fingerprint density at radius 2 is 0.919 bits per heavy atom. The number of aryl methyl sites for hydroxylation is 1. The van der Waals surface area contributed by atoms with E-state index in [-0.39, 0.29) is 12.2 Å². The third kappa shape index (κ3) is 20.4. The number of phenolic OH excluding ortho intramolecular Hbond substituents is 1. The van der Waals surface area contributed by atoms with E-state index < -0.39 is 214 Å². The summed E-state index contributed by atoms with van der Waals surface area (Å²) in [5.41, 5.74) is 4.20. The standard InChI is InChI=1S/C44H60N8O22/c1-19(2)35(42(72)73)51-38(68)24(6-10-30(56)57)46-37(67)25(7-11-31(58)59)50-43(74)44(14-13-20-15-22(53)4-3-21(20)18-44)52-41(71)26(8-12-32(60)61)47-39(69)28(17-34(64)65)49-40(70)27(16-33(62)63)48-36(66)23(45)5-9-29(54)55/h3-4,15,19,23-28,35,53H,5-14,16-18,45H2,1-2H3,(H,46,67)(H,47,69)(H,48,66)(H,49,70)(H,50,74)(H,51,68)(H,52,71)(H,54,55)(H,56,57)(H,58,59)(H,60,61)(H,62,63)(H,64,65)(H,72,73)/t23-,24-,25-,26-,27-,28-,35-,44?/m0/s1. The minimum atomic E-state index is -2.22. The van der Waals surface area contributed by atoms with E-state index in [9.17, 15) is 103 Å². The van der Waals surface area contributed by atoms with Crippen LogP contribution >= 0.6 is 0 Å². The Kier molecular flexibility index (Phi) is 23.8. The maximum Gasteiger partial charge on any atom is 0.326 e. The first-order valence-corrected chi connectivity index (χ1v) is 22.7. The molecule has 17 N–H and O–H groups in total. The molecule has 30 nitrogen and oxygen atoms in total. The molecule has 0 fully saturated rings. The maximum absolute atomic E-state index is 14.7. The normalized spacial score (nSPS) is 16.6. The van der Waals surface area contributed by atoms with Crippen LogP contribution in [-0.2, 0) is 80.0 Å². The monoisotopic (exact) mass is 1050 g/mol. The second-order valence-electron chi connectivity index (χ2n) is 17.6. The van der Waals surface area contributed by atoms with Crippen molar-refractivity contribution >= 4 is 83.1 Å². The molecular formula is C44H60N8O22. The molecule has 74 heavy (non-hydrogen) atoms. The fraction of sp³-hybridized carbons (Fsp3) is 0.545. The number of carboxylic acids is 7. The van der Waals surface area contributed by atoms with E-state index in [0.29, 0.717) is 11.1 Å². The quantitative estimate of drug-likeness (QED) is 0.0328. The number of aliphatic carboxylic acids is 7. The van der Waals surface area contributed by atoms with E-state index in [1.807, 2.05) is 10.6 Å². The third-order valence-corrected chi connectivity index (χ3v) is 11.4. The van der Waals surface area contributed by atoms with Crippen molar-refractivity contribution in [1.82, 2.24) is 37.2 Å². The summed E-state index contributed by atoms with van der Waals surface area (Å²) in [6.45, 7) is 2.89. The van der Waals surface area contributed by atoms with Gasteiger partial charge in [-0.15, -0.1) is 0 Å². The molecule has 1 aromatic rings. The highest BCUT2D eigenvalue weighted by Gasteiger charge is 2.46. The number of carbonyl (C=O) groups is 14. The molecule has 0 aliphatic heterocycles. The van der Waals surface area contributed by atoms with Crippen LogP contribution in [0, 0.1) is 5.92 Å². The molecule has 8 atom stereocenters. The molecule has 1 aliphatic carbocycles. The van der Waals surface area contributed by atoms with E-state index in [1.54, 1.807) is 0 Å². The van der Waals surface area contributed by atoms with Gasteiger partial charge in [0.05, 0.1) is 18.9 Å². The van der Waals surface area contributed by atoms with Crippen molar-refractivity contribution in [1.29, 1.82) is 0 Å². The topological polar surface area (TPSA) is 511 Å². The third-order valence-electron chi connectivity index (χ3n) is 11.4. The molecule has 30 heteroatoms. The highest BCUT2D eigenvalue weighted by molar-refractivity contribution is 6.00. The van der Waals surface area contributed by atoms with Gasteiger partial charge >= 0.3 is 41.8 Å². The van der Waals surface area contributed by atoms with E-state index in [1.165, 1.54) is 32.0 Å². The zero-order valence-electron chi connectivity index (χ0n) is 39.9. The number of benzene rings is 1. The Hall–Kier alpha value is -8.44. The molecule has 2 rings (SSSR count). The van der Waals surface area contributed by atoms with Gasteiger partial charge in [0.2, 0.25) is 41.4 Å². The van der Waals surface area contributed by atoms with Gasteiger partial charge in [-0.1, -0.05) is 19.9 Å². The molecule has 1 aliphatic rings. The largest absolute Gasteiger partial charge is 0.508 e. The number of aromatic hydroxyl groups is 1. The van der Waals surface area contributed by atoms with Gasteiger partial charge in [0.25, 0.3) is 0 Å². The van der Waals surface area contributed by atoms with Crippen LogP contribution in [0.5, 0.6) is 5.75 Å². The van der Waals surface area contributed by atoms with Gasteiger partial charge in [-0.2, -0.15) is 0 Å². The summed E-state index contributed by atoms with van der Waals surface area (Å²) in [5, 5.41) is 91.5. The van der Waals surface area contributed by atoms with Crippen LogP contribution in [0.2, 0.25) is 0 Å². The fourth-order valence-electron chi connectivity index (χ4n) is 7.41. The number of rotatable bonds is 32. The number of amides is 7. The van der Waals surface area contributed by atoms with Gasteiger partial charge in [-0.05, 0) is 67.7 Å². The number of nitrogens with one attached hydrogen (secondary N) is 7. The van der Waals surface area contributed by atoms with Crippen LogP contribution in [0.25, 0.3) is 0 Å². The van der Waals surface area contributed by atoms with Crippen molar-refractivity contribution < 1.29 is 108 Å². The average Bonchev–Trinajstić information content (AvgIpc) is 3.29. The van der Waals surface area contributed by atoms with E-state index >= 15 is 0 Å². The number of carbonyl (C=O) groups excluding carboxylic acids is 7. The van der Waals surface area contributed by atoms with Crippen LogP contribution in [0.15, 0.2) is 18.2 Å². The Balaban J connectivity index is 2.62. The van der Waals surface area contributed by atoms with Crippen molar-refractivity contribution in [3.63, 3.8) is 0 Å². The minimum Gasteiger partial charge on any atom is -0.508 e. The minimum absolute atomic E-state index is 0.112. The van der Waals surface area contributed by atoms with Gasteiger partial charge < -0.3 is 83.8 Å². The second kappa shape index (κ2) is 28.6. The molecule has 0 saturated heterocycles. The first kappa shape index (κ1) is 61.7. The number of hydrogen-bond donors (Lipinski definition) is 16. The average molecular weight is 1050 g/mol. The Bertz CT molecular complexity index is 2340. The van der Waals surface area contributed by atoms with Crippen molar-refractivity contribution in [3.05, 3.63) is 29.3 Å². The summed E-state index contributed by atoms with van der Waals surface area (Å²) in [6, 6.07) is -9.09. The van der Waals surface area contributed by atoms with E-state index in [0.717, 1.165) is 0 Å². The number of hydrogen-bond acceptors (Lipinski definition) is 16. The maximum atomic E-state index is 14.7. The fourth-order valence-corrected chi connectivity index (χ4v) is 7.41. The van der Waals surface area contributed by atoms with Crippen LogP contribution in [0.4, 0.5) is 0 Å². The van der Waals surface area contributed by atoms with Crippen molar-refractivity contribution in [2.24, 2.45) is 11.7 Å². The summed E-state index contributed by atoms with van der Waals surface area (Å²) in [7, 11) is 0. The smallest absolute Gasteiger partial charge is 0.326 e. The number of nitrogens with two attached hydrogens (primary N) is 1. The number of phenols is 1. The Morgan fingerprint density at radius 3 is 1.36 bits per heavy atom. The van der Waals surface area contributed by atoms with Crippen LogP contribution < -0.4 is 43.0 Å².